The largest absolute Gasteiger partial charge is 0.373 e. The van der Waals surface area contributed by atoms with Crippen molar-refractivity contribution in [3.05, 3.63) is 23.7 Å². The Hall–Kier alpha value is -1.43. The van der Waals surface area contributed by atoms with Gasteiger partial charge in [0.2, 0.25) is 0 Å². The monoisotopic (exact) mass is 251 g/mol. The van der Waals surface area contributed by atoms with Crippen molar-refractivity contribution in [2.75, 3.05) is 12.4 Å². The van der Waals surface area contributed by atoms with Gasteiger partial charge in [0, 0.05) is 43.6 Å². The van der Waals surface area contributed by atoms with E-state index in [9.17, 15) is 0 Å². The smallest absolute Gasteiger partial charge is 0.128 e. The number of nitrogens with zero attached hydrogens (tertiary/aromatic N) is 4. The molecule has 17 heavy (non-hydrogen) atoms. The number of anilines is 1. The average Bonchev–Trinajstić information content (AvgIpc) is 2.80. The minimum Gasteiger partial charge on any atom is -0.373 e. The van der Waals surface area contributed by atoms with Crippen molar-refractivity contribution >= 4 is 17.6 Å². The molecule has 2 heterocycles. The molecule has 5 nitrogen and oxygen atoms in total. The predicted molar refractivity (Wildman–Crippen MR) is 70.3 cm³/mol. The first-order valence-electron chi connectivity index (χ1n) is 5.43. The topological polar surface area (TPSA) is 47.7 Å². The third-order valence-corrected chi connectivity index (χ3v) is 3.62. The Morgan fingerprint density at radius 3 is 2.76 bits per heavy atom. The van der Waals surface area contributed by atoms with Gasteiger partial charge in [-0.05, 0) is 6.92 Å². The van der Waals surface area contributed by atoms with Crippen LogP contribution in [-0.4, -0.2) is 26.6 Å². The van der Waals surface area contributed by atoms with Gasteiger partial charge in [-0.3, -0.25) is 9.36 Å². The van der Waals surface area contributed by atoms with Gasteiger partial charge in [0.15, 0.2) is 0 Å². The third-order valence-electron chi connectivity index (χ3n) is 2.65. The lowest BCUT2D eigenvalue weighted by atomic mass is 10.3. The van der Waals surface area contributed by atoms with E-state index in [0.29, 0.717) is 0 Å². The number of thioether (sulfide) groups is 1. The Morgan fingerprint density at radius 1 is 1.41 bits per heavy atom. The van der Waals surface area contributed by atoms with E-state index >= 15 is 0 Å². The Labute approximate surface area is 105 Å². The zero-order valence-corrected chi connectivity index (χ0v) is 11.4. The molecule has 0 radical (unpaired) electrons. The number of rotatable bonds is 4. The normalized spacial score (nSPS) is 10.8. The molecule has 2 rings (SSSR count). The fourth-order valence-electron chi connectivity index (χ4n) is 1.82. The summed E-state index contributed by atoms with van der Waals surface area (Å²) in [6.07, 6.45) is 3.91. The summed E-state index contributed by atoms with van der Waals surface area (Å²) in [6, 6.07) is 0. The predicted octanol–water partition coefficient (Wildman–Crippen LogP) is 1.80. The highest BCUT2D eigenvalue weighted by molar-refractivity contribution is 7.98. The second kappa shape index (κ2) is 4.83. The first-order valence-corrected chi connectivity index (χ1v) is 6.42. The van der Waals surface area contributed by atoms with E-state index in [4.69, 9.17) is 0 Å². The molecule has 0 spiro atoms. The summed E-state index contributed by atoms with van der Waals surface area (Å²) >= 11 is 1.77. The van der Waals surface area contributed by atoms with Crippen LogP contribution < -0.4 is 5.32 Å². The standard InChI is InChI=1S/C11H17N5S/c1-8-10(11(12-2)16(4)14-8)7-17-9-5-13-15(3)6-9/h5-6,12H,7H2,1-4H3. The summed E-state index contributed by atoms with van der Waals surface area (Å²) in [5.41, 5.74) is 2.33. The van der Waals surface area contributed by atoms with E-state index in [1.165, 1.54) is 10.5 Å². The van der Waals surface area contributed by atoms with Crippen LogP contribution in [0.4, 0.5) is 5.82 Å². The number of aryl methyl sites for hydroxylation is 3. The lowest BCUT2D eigenvalue weighted by Gasteiger charge is -2.04. The fraction of sp³-hybridized carbons (Fsp3) is 0.455. The number of hydrogen-bond acceptors (Lipinski definition) is 4. The van der Waals surface area contributed by atoms with Crippen molar-refractivity contribution in [2.24, 2.45) is 14.1 Å². The van der Waals surface area contributed by atoms with Gasteiger partial charge < -0.3 is 5.32 Å². The van der Waals surface area contributed by atoms with Gasteiger partial charge in [0.25, 0.3) is 0 Å². The van der Waals surface area contributed by atoms with Crippen LogP contribution in [0, 0.1) is 6.92 Å². The summed E-state index contributed by atoms with van der Waals surface area (Å²) in [5.74, 6) is 1.99. The number of aromatic nitrogens is 4. The second-order valence-electron chi connectivity index (χ2n) is 3.92. The molecular formula is C11H17N5S. The van der Waals surface area contributed by atoms with Crippen molar-refractivity contribution in [1.29, 1.82) is 0 Å². The highest BCUT2D eigenvalue weighted by Gasteiger charge is 2.12. The average molecular weight is 251 g/mol. The van der Waals surface area contributed by atoms with Gasteiger partial charge >= 0.3 is 0 Å². The van der Waals surface area contributed by atoms with Gasteiger partial charge in [-0.1, -0.05) is 0 Å². The minimum atomic E-state index is 0.904. The summed E-state index contributed by atoms with van der Waals surface area (Å²) in [6.45, 7) is 2.04. The van der Waals surface area contributed by atoms with Crippen molar-refractivity contribution in [2.45, 2.75) is 17.6 Å². The summed E-state index contributed by atoms with van der Waals surface area (Å²) in [4.78, 5) is 1.18. The van der Waals surface area contributed by atoms with E-state index in [-0.39, 0.29) is 0 Å². The Balaban J connectivity index is 2.13. The molecule has 0 fully saturated rings. The molecule has 6 heteroatoms. The summed E-state index contributed by atoms with van der Waals surface area (Å²) in [5, 5.41) is 11.8. The molecular weight excluding hydrogens is 234 g/mol. The molecule has 0 aliphatic heterocycles. The first kappa shape index (κ1) is 12.0. The first-order chi connectivity index (χ1) is 8.11. The summed E-state index contributed by atoms with van der Waals surface area (Å²) in [7, 11) is 5.81. The van der Waals surface area contributed by atoms with Gasteiger partial charge in [-0.15, -0.1) is 11.8 Å². The van der Waals surface area contributed by atoms with Gasteiger partial charge in [-0.25, -0.2) is 0 Å². The molecule has 0 atom stereocenters. The van der Waals surface area contributed by atoms with E-state index in [0.717, 1.165) is 17.3 Å². The zero-order valence-electron chi connectivity index (χ0n) is 10.6. The molecule has 2 aromatic heterocycles. The molecule has 0 aliphatic carbocycles. The third kappa shape index (κ3) is 2.46. The van der Waals surface area contributed by atoms with E-state index < -0.39 is 0 Å². The molecule has 0 aliphatic rings. The van der Waals surface area contributed by atoms with Gasteiger partial charge in [0.05, 0.1) is 11.9 Å². The lowest BCUT2D eigenvalue weighted by Crippen LogP contribution is -2.00. The Kier molecular flexibility index (Phi) is 3.42. The summed E-state index contributed by atoms with van der Waals surface area (Å²) < 4.78 is 3.70. The molecule has 0 bridgehead atoms. The van der Waals surface area contributed by atoms with Crippen LogP contribution in [0.1, 0.15) is 11.3 Å². The lowest BCUT2D eigenvalue weighted by molar-refractivity contribution is 0.763. The van der Waals surface area contributed by atoms with Crippen LogP contribution in [0.15, 0.2) is 17.3 Å². The number of hydrogen-bond donors (Lipinski definition) is 1. The number of nitrogens with one attached hydrogen (secondary N) is 1. The van der Waals surface area contributed by atoms with Crippen molar-refractivity contribution in [3.8, 4) is 0 Å². The van der Waals surface area contributed by atoms with Crippen LogP contribution in [0.3, 0.4) is 0 Å². The van der Waals surface area contributed by atoms with E-state index in [1.54, 1.807) is 11.8 Å². The van der Waals surface area contributed by atoms with Crippen molar-refractivity contribution in [1.82, 2.24) is 19.6 Å². The molecule has 1 N–H and O–H groups in total. The van der Waals surface area contributed by atoms with Crippen LogP contribution in [0.25, 0.3) is 0 Å². The van der Waals surface area contributed by atoms with Crippen molar-refractivity contribution < 1.29 is 0 Å². The Bertz CT molecular complexity index is 514. The zero-order chi connectivity index (χ0) is 12.4. The minimum absolute atomic E-state index is 0.904. The maximum atomic E-state index is 4.42. The fourth-order valence-corrected chi connectivity index (χ4v) is 2.82. The second-order valence-corrected chi connectivity index (χ2v) is 4.97. The van der Waals surface area contributed by atoms with Gasteiger partial charge in [-0.2, -0.15) is 10.2 Å². The molecule has 0 unspecified atom stereocenters. The molecule has 2 aromatic rings. The molecule has 0 saturated heterocycles. The SMILES string of the molecule is CNc1c(CSc2cnn(C)c2)c(C)nn1C. The highest BCUT2D eigenvalue weighted by atomic mass is 32.2. The van der Waals surface area contributed by atoms with Crippen molar-refractivity contribution in [3.63, 3.8) is 0 Å². The van der Waals surface area contributed by atoms with Crippen LogP contribution in [-0.2, 0) is 19.8 Å². The quantitative estimate of drug-likeness (QED) is 0.842. The Morgan fingerprint density at radius 2 is 2.18 bits per heavy atom. The van der Waals surface area contributed by atoms with Gasteiger partial charge in [0.1, 0.15) is 5.82 Å². The van der Waals surface area contributed by atoms with E-state index in [2.05, 4.69) is 15.5 Å². The molecule has 0 saturated carbocycles. The molecule has 0 aromatic carbocycles. The van der Waals surface area contributed by atoms with Crippen LogP contribution in [0.5, 0.6) is 0 Å². The highest BCUT2D eigenvalue weighted by Crippen LogP contribution is 2.27. The van der Waals surface area contributed by atoms with Crippen LogP contribution in [0.2, 0.25) is 0 Å². The maximum Gasteiger partial charge on any atom is 0.128 e. The van der Waals surface area contributed by atoms with Crippen LogP contribution >= 0.6 is 11.8 Å². The molecule has 92 valence electrons. The maximum absolute atomic E-state index is 4.42. The molecule has 0 amide bonds. The van der Waals surface area contributed by atoms with E-state index in [1.807, 2.05) is 49.8 Å².